The van der Waals surface area contributed by atoms with E-state index in [4.69, 9.17) is 16.3 Å². The van der Waals surface area contributed by atoms with Gasteiger partial charge in [-0.2, -0.15) is 0 Å². The van der Waals surface area contributed by atoms with E-state index >= 15 is 0 Å². The molecule has 0 radical (unpaired) electrons. The maximum atomic E-state index is 11.9. The molecule has 0 bridgehead atoms. The van der Waals surface area contributed by atoms with Gasteiger partial charge in [0.2, 0.25) is 0 Å². The van der Waals surface area contributed by atoms with E-state index in [0.717, 1.165) is 22.3 Å². The highest BCUT2D eigenvalue weighted by Crippen LogP contribution is 2.41. The van der Waals surface area contributed by atoms with Crippen LogP contribution >= 0.6 is 11.6 Å². The first-order chi connectivity index (χ1) is 10.7. The molecule has 0 aliphatic heterocycles. The Bertz CT molecular complexity index is 795. The van der Waals surface area contributed by atoms with Crippen LogP contribution in [0.4, 0.5) is 0 Å². The van der Waals surface area contributed by atoms with E-state index in [-0.39, 0.29) is 5.97 Å². The van der Waals surface area contributed by atoms with Gasteiger partial charge in [0.25, 0.3) is 0 Å². The third kappa shape index (κ3) is 2.70. The third-order valence-electron chi connectivity index (χ3n) is 3.54. The molecule has 2 aliphatic rings. The SMILES string of the molecule is CCOC(=O)c1cccc(-c2cc(Cl)c3cccccc2-3)c1. The Morgan fingerprint density at radius 3 is 2.50 bits per heavy atom. The molecule has 0 fully saturated rings. The van der Waals surface area contributed by atoms with E-state index in [2.05, 4.69) is 0 Å². The summed E-state index contributed by atoms with van der Waals surface area (Å²) in [5.74, 6) is -0.308. The maximum absolute atomic E-state index is 11.9. The summed E-state index contributed by atoms with van der Waals surface area (Å²) in [7, 11) is 0. The van der Waals surface area contributed by atoms with Crippen molar-refractivity contribution in [3.05, 3.63) is 71.2 Å². The fourth-order valence-electron chi connectivity index (χ4n) is 2.54. The summed E-state index contributed by atoms with van der Waals surface area (Å²) in [6.07, 6.45) is 0. The second kappa shape index (κ2) is 6.20. The van der Waals surface area contributed by atoms with Crippen LogP contribution in [-0.4, -0.2) is 12.6 Å². The van der Waals surface area contributed by atoms with E-state index in [9.17, 15) is 4.79 Å². The van der Waals surface area contributed by atoms with Crippen molar-refractivity contribution < 1.29 is 9.53 Å². The predicted octanol–water partition coefficient (Wildman–Crippen LogP) is 5.29. The quantitative estimate of drug-likeness (QED) is 0.614. The molecule has 0 atom stereocenters. The number of esters is 1. The standard InChI is InChI=1S/C19H15ClO2/c1-2-22-19(21)14-8-6-7-13(11-14)17-12-18(20)16-10-5-3-4-9-15(16)17/h3-12H,2H2,1H3. The molecular weight excluding hydrogens is 296 g/mol. The molecule has 0 aromatic heterocycles. The number of hydrogen-bond donors (Lipinski definition) is 0. The van der Waals surface area contributed by atoms with E-state index in [1.54, 1.807) is 13.0 Å². The van der Waals surface area contributed by atoms with Crippen LogP contribution in [-0.2, 0) is 4.74 Å². The first kappa shape index (κ1) is 14.6. The number of carbonyl (C=O) groups is 1. The monoisotopic (exact) mass is 310 g/mol. The Balaban J connectivity index is 2.10. The minimum atomic E-state index is -0.308. The van der Waals surface area contributed by atoms with Crippen molar-refractivity contribution in [2.75, 3.05) is 6.61 Å². The molecule has 0 amide bonds. The molecule has 2 aliphatic carbocycles. The van der Waals surface area contributed by atoms with Gasteiger partial charge in [-0.3, -0.25) is 0 Å². The van der Waals surface area contributed by atoms with Gasteiger partial charge in [-0.1, -0.05) is 54.1 Å². The average molecular weight is 311 g/mol. The van der Waals surface area contributed by atoms with Crippen LogP contribution in [0.1, 0.15) is 17.3 Å². The third-order valence-corrected chi connectivity index (χ3v) is 3.85. The number of benzene rings is 1. The molecule has 1 aromatic carbocycles. The Hall–Kier alpha value is -2.32. The van der Waals surface area contributed by atoms with Crippen molar-refractivity contribution in [1.82, 2.24) is 0 Å². The van der Waals surface area contributed by atoms with Crippen molar-refractivity contribution in [2.45, 2.75) is 6.92 Å². The maximum Gasteiger partial charge on any atom is 0.338 e. The molecule has 110 valence electrons. The van der Waals surface area contributed by atoms with E-state index < -0.39 is 0 Å². The van der Waals surface area contributed by atoms with Gasteiger partial charge in [-0.05, 0) is 41.8 Å². The van der Waals surface area contributed by atoms with Crippen LogP contribution in [0.2, 0.25) is 5.02 Å². The summed E-state index contributed by atoms with van der Waals surface area (Å²) >= 11 is 6.35. The smallest absolute Gasteiger partial charge is 0.338 e. The minimum Gasteiger partial charge on any atom is -0.462 e. The van der Waals surface area contributed by atoms with Gasteiger partial charge in [0.05, 0.1) is 12.2 Å². The molecule has 0 heterocycles. The summed E-state index contributed by atoms with van der Waals surface area (Å²) in [5.41, 5.74) is 4.58. The Kier molecular flexibility index (Phi) is 4.12. The average Bonchev–Trinajstić information content (AvgIpc) is 2.71. The highest BCUT2D eigenvalue weighted by molar-refractivity contribution is 6.34. The lowest BCUT2D eigenvalue weighted by atomic mass is 10.0. The molecule has 0 spiro atoms. The first-order valence-corrected chi connectivity index (χ1v) is 7.53. The number of hydrogen-bond acceptors (Lipinski definition) is 2. The minimum absolute atomic E-state index is 0.308. The van der Waals surface area contributed by atoms with Crippen LogP contribution in [0.5, 0.6) is 0 Å². The lowest BCUT2D eigenvalue weighted by Crippen LogP contribution is -2.04. The number of halogens is 1. The van der Waals surface area contributed by atoms with Gasteiger partial charge >= 0.3 is 5.97 Å². The van der Waals surface area contributed by atoms with Crippen LogP contribution in [0.25, 0.3) is 22.3 Å². The van der Waals surface area contributed by atoms with Crippen LogP contribution in [0.3, 0.4) is 0 Å². The second-order valence-corrected chi connectivity index (χ2v) is 5.35. The van der Waals surface area contributed by atoms with Gasteiger partial charge in [0.1, 0.15) is 0 Å². The van der Waals surface area contributed by atoms with Crippen LogP contribution in [0, 0.1) is 0 Å². The van der Waals surface area contributed by atoms with Gasteiger partial charge in [-0.15, -0.1) is 0 Å². The van der Waals surface area contributed by atoms with Crippen molar-refractivity contribution in [2.24, 2.45) is 0 Å². The summed E-state index contributed by atoms with van der Waals surface area (Å²) < 4.78 is 5.06. The molecule has 3 heteroatoms. The number of carbonyl (C=O) groups excluding carboxylic acids is 1. The molecule has 0 N–H and O–H groups in total. The Morgan fingerprint density at radius 1 is 0.955 bits per heavy atom. The number of ether oxygens (including phenoxy) is 1. The molecule has 3 rings (SSSR count). The lowest BCUT2D eigenvalue weighted by Gasteiger charge is -2.06. The van der Waals surface area contributed by atoms with Gasteiger partial charge < -0.3 is 4.74 Å². The summed E-state index contributed by atoms with van der Waals surface area (Å²) in [6, 6.07) is 19.3. The molecule has 0 saturated carbocycles. The molecule has 0 saturated heterocycles. The van der Waals surface area contributed by atoms with Gasteiger partial charge in [0, 0.05) is 10.6 Å². The van der Waals surface area contributed by atoms with Gasteiger partial charge in [-0.25, -0.2) is 4.79 Å². The highest BCUT2D eigenvalue weighted by Gasteiger charge is 2.16. The zero-order valence-electron chi connectivity index (χ0n) is 12.2. The summed E-state index contributed by atoms with van der Waals surface area (Å²) in [4.78, 5) is 11.9. The van der Waals surface area contributed by atoms with Crippen LogP contribution < -0.4 is 0 Å². The van der Waals surface area contributed by atoms with E-state index in [0.29, 0.717) is 17.2 Å². The fourth-order valence-corrected chi connectivity index (χ4v) is 2.81. The molecular formula is C19H15ClO2. The topological polar surface area (TPSA) is 26.3 Å². The van der Waals surface area contributed by atoms with Gasteiger partial charge in [0.15, 0.2) is 0 Å². The second-order valence-electron chi connectivity index (χ2n) is 4.95. The molecule has 1 aromatic rings. The van der Waals surface area contributed by atoms with Crippen molar-refractivity contribution in [3.63, 3.8) is 0 Å². The number of rotatable bonds is 3. The molecule has 22 heavy (non-hydrogen) atoms. The normalized spacial score (nSPS) is 10.6. The zero-order valence-corrected chi connectivity index (χ0v) is 12.9. The molecule has 0 unspecified atom stereocenters. The van der Waals surface area contributed by atoms with E-state index in [1.165, 1.54) is 0 Å². The first-order valence-electron chi connectivity index (χ1n) is 7.15. The van der Waals surface area contributed by atoms with E-state index in [1.807, 2.05) is 54.6 Å². The largest absolute Gasteiger partial charge is 0.462 e. The fraction of sp³-hybridized carbons (Fsp3) is 0.105. The predicted molar refractivity (Wildman–Crippen MR) is 89.5 cm³/mol. The lowest BCUT2D eigenvalue weighted by molar-refractivity contribution is 0.0526. The van der Waals surface area contributed by atoms with Crippen molar-refractivity contribution in [3.8, 4) is 22.3 Å². The van der Waals surface area contributed by atoms with Crippen molar-refractivity contribution >= 4 is 17.6 Å². The zero-order chi connectivity index (χ0) is 15.5. The summed E-state index contributed by atoms with van der Waals surface area (Å²) in [6.45, 7) is 2.16. The molecule has 2 nitrogen and oxygen atoms in total. The summed E-state index contributed by atoms with van der Waals surface area (Å²) in [5, 5.41) is 0.711. The number of fused-ring (bicyclic) bond motifs is 1. The van der Waals surface area contributed by atoms with Crippen molar-refractivity contribution in [1.29, 1.82) is 0 Å². The van der Waals surface area contributed by atoms with Crippen LogP contribution in [0.15, 0.2) is 60.7 Å². The Morgan fingerprint density at radius 2 is 1.73 bits per heavy atom. The highest BCUT2D eigenvalue weighted by atomic mass is 35.5. The Labute approximate surface area is 134 Å².